The predicted octanol–water partition coefficient (Wildman–Crippen LogP) is 4.87. The highest BCUT2D eigenvalue weighted by atomic mass is 35.5. The molecule has 0 radical (unpaired) electrons. The number of allylic oxidation sites excluding steroid dienone is 3. The summed E-state index contributed by atoms with van der Waals surface area (Å²) in [6, 6.07) is 6.05. The molecule has 0 amide bonds. The van der Waals surface area contributed by atoms with Crippen molar-refractivity contribution in [3.05, 3.63) is 63.7 Å². The fourth-order valence-electron chi connectivity index (χ4n) is 2.47. The molecule has 0 spiro atoms. The van der Waals surface area contributed by atoms with Crippen molar-refractivity contribution in [2.45, 2.75) is 20.3 Å². The minimum absolute atomic E-state index is 0.180. The van der Waals surface area contributed by atoms with Crippen molar-refractivity contribution in [2.24, 2.45) is 0 Å². The quantitative estimate of drug-likeness (QED) is 0.373. The molecule has 0 aliphatic carbocycles. The maximum absolute atomic E-state index is 12.5. The van der Waals surface area contributed by atoms with Crippen LogP contribution in [-0.4, -0.2) is 28.2 Å². The summed E-state index contributed by atoms with van der Waals surface area (Å²) in [7, 11) is 1.49. The Labute approximate surface area is 162 Å². The van der Waals surface area contributed by atoms with Gasteiger partial charge in [0.25, 0.3) is 0 Å². The van der Waals surface area contributed by atoms with Gasteiger partial charge in [0.2, 0.25) is 0 Å². The summed E-state index contributed by atoms with van der Waals surface area (Å²) in [5.74, 6) is -1.34. The van der Waals surface area contributed by atoms with Crippen LogP contribution in [0.25, 0.3) is 6.08 Å². The first-order valence-electron chi connectivity index (χ1n) is 8.20. The Morgan fingerprint density at radius 3 is 2.48 bits per heavy atom. The summed E-state index contributed by atoms with van der Waals surface area (Å²) in [5, 5.41) is 30.9. The molecule has 0 fully saturated rings. The third kappa shape index (κ3) is 4.83. The Kier molecular flexibility index (Phi) is 6.53. The Balaban J connectivity index is 2.38. The molecule has 2 aromatic rings. The first kappa shape index (κ1) is 20.4. The maximum Gasteiger partial charge on any atom is 0.193 e. The van der Waals surface area contributed by atoms with Crippen LogP contribution in [0.1, 0.15) is 35.3 Å². The molecule has 0 aliphatic heterocycles. The lowest BCUT2D eigenvalue weighted by molar-refractivity contribution is 0.104. The van der Waals surface area contributed by atoms with Gasteiger partial charge in [0.05, 0.1) is 12.1 Å². The van der Waals surface area contributed by atoms with Crippen LogP contribution >= 0.6 is 11.6 Å². The van der Waals surface area contributed by atoms with Gasteiger partial charge in [-0.15, -0.1) is 0 Å². The van der Waals surface area contributed by atoms with Crippen molar-refractivity contribution >= 4 is 23.5 Å². The number of rotatable bonds is 6. The number of methoxy groups -OCH3 is 1. The van der Waals surface area contributed by atoms with E-state index in [-0.39, 0.29) is 23.3 Å². The van der Waals surface area contributed by atoms with Crippen LogP contribution in [0.2, 0.25) is 5.02 Å². The van der Waals surface area contributed by atoms with Crippen molar-refractivity contribution < 1.29 is 24.9 Å². The molecule has 0 unspecified atom stereocenters. The molecule has 3 N–H and O–H groups in total. The summed E-state index contributed by atoms with van der Waals surface area (Å²) < 4.78 is 5.13. The SMILES string of the molecule is COc1cc(/C=C/C(=O)c2c(O)cc(O)c(CC=C(C)C)c2O)ccc1Cl. The topological polar surface area (TPSA) is 87.0 Å². The van der Waals surface area contributed by atoms with Gasteiger partial charge in [-0.1, -0.05) is 35.4 Å². The van der Waals surface area contributed by atoms with Gasteiger partial charge in [-0.05, 0) is 44.0 Å². The molecule has 0 saturated carbocycles. The zero-order chi connectivity index (χ0) is 20.1. The molecule has 142 valence electrons. The molecule has 0 saturated heterocycles. The highest BCUT2D eigenvalue weighted by molar-refractivity contribution is 6.32. The second kappa shape index (κ2) is 8.64. The van der Waals surface area contributed by atoms with Crippen molar-refractivity contribution in [2.75, 3.05) is 7.11 Å². The van der Waals surface area contributed by atoms with Crippen LogP contribution in [0, 0.1) is 0 Å². The normalized spacial score (nSPS) is 10.8. The average molecular weight is 389 g/mol. The summed E-state index contributed by atoms with van der Waals surface area (Å²) in [6.45, 7) is 3.76. The van der Waals surface area contributed by atoms with Gasteiger partial charge in [0, 0.05) is 11.6 Å². The van der Waals surface area contributed by atoms with Crippen LogP contribution in [-0.2, 0) is 6.42 Å². The van der Waals surface area contributed by atoms with Crippen LogP contribution in [0.15, 0.2) is 42.0 Å². The zero-order valence-electron chi connectivity index (χ0n) is 15.3. The largest absolute Gasteiger partial charge is 0.507 e. The van der Waals surface area contributed by atoms with Gasteiger partial charge in [-0.25, -0.2) is 0 Å². The van der Waals surface area contributed by atoms with Crippen LogP contribution in [0.3, 0.4) is 0 Å². The van der Waals surface area contributed by atoms with Crippen molar-refractivity contribution in [3.8, 4) is 23.0 Å². The van der Waals surface area contributed by atoms with E-state index in [1.165, 1.54) is 19.3 Å². The van der Waals surface area contributed by atoms with Gasteiger partial charge >= 0.3 is 0 Å². The number of benzene rings is 2. The molecule has 6 heteroatoms. The van der Waals surface area contributed by atoms with Gasteiger partial charge in [-0.3, -0.25) is 4.79 Å². The van der Waals surface area contributed by atoms with Crippen molar-refractivity contribution in [1.29, 1.82) is 0 Å². The Morgan fingerprint density at radius 1 is 1.15 bits per heavy atom. The lowest BCUT2D eigenvalue weighted by Gasteiger charge is -2.11. The molecule has 0 heterocycles. The minimum Gasteiger partial charge on any atom is -0.507 e. The number of ether oxygens (including phenoxy) is 1. The van der Waals surface area contributed by atoms with E-state index in [1.54, 1.807) is 24.3 Å². The number of carbonyl (C=O) groups is 1. The molecule has 5 nitrogen and oxygen atoms in total. The average Bonchev–Trinajstić information content (AvgIpc) is 2.60. The smallest absolute Gasteiger partial charge is 0.193 e. The van der Waals surface area contributed by atoms with E-state index in [9.17, 15) is 20.1 Å². The Bertz CT molecular complexity index is 925. The fourth-order valence-corrected chi connectivity index (χ4v) is 2.66. The van der Waals surface area contributed by atoms with E-state index >= 15 is 0 Å². The zero-order valence-corrected chi connectivity index (χ0v) is 16.0. The first-order valence-corrected chi connectivity index (χ1v) is 8.58. The standard InChI is InChI=1S/C21H21ClO5/c1-12(2)4-7-14-17(24)11-18(25)20(21(14)26)16(23)9-6-13-5-8-15(22)19(10-13)27-3/h4-6,8-11,24-26H,7H2,1-3H3/b9-6+. The summed E-state index contributed by atoms with van der Waals surface area (Å²) >= 11 is 5.97. The molecule has 0 aromatic heterocycles. The number of aromatic hydroxyl groups is 3. The highest BCUT2D eigenvalue weighted by Gasteiger charge is 2.20. The predicted molar refractivity (Wildman–Crippen MR) is 106 cm³/mol. The van der Waals surface area contributed by atoms with Crippen LogP contribution in [0.4, 0.5) is 0 Å². The summed E-state index contributed by atoms with van der Waals surface area (Å²) in [6.07, 6.45) is 4.77. The monoisotopic (exact) mass is 388 g/mol. The second-order valence-corrected chi connectivity index (χ2v) is 6.60. The molecule has 0 bridgehead atoms. The van der Waals surface area contributed by atoms with E-state index in [0.717, 1.165) is 11.6 Å². The lowest BCUT2D eigenvalue weighted by Crippen LogP contribution is -1.99. The van der Waals surface area contributed by atoms with Gasteiger partial charge in [0.1, 0.15) is 28.6 Å². The first-order chi connectivity index (χ1) is 12.7. The number of ketones is 1. The minimum atomic E-state index is -0.600. The van der Waals surface area contributed by atoms with Crippen LogP contribution < -0.4 is 4.74 Å². The number of carbonyl (C=O) groups excluding carboxylic acids is 1. The lowest BCUT2D eigenvalue weighted by atomic mass is 9.99. The number of hydrogen-bond donors (Lipinski definition) is 3. The Hall–Kier alpha value is -2.92. The number of halogens is 1. The molecule has 0 atom stereocenters. The van der Waals surface area contributed by atoms with Crippen molar-refractivity contribution in [3.63, 3.8) is 0 Å². The Morgan fingerprint density at radius 2 is 1.85 bits per heavy atom. The highest BCUT2D eigenvalue weighted by Crippen LogP contribution is 2.38. The third-order valence-electron chi connectivity index (χ3n) is 3.92. The van der Waals surface area contributed by atoms with Gasteiger partial charge in [0.15, 0.2) is 5.78 Å². The maximum atomic E-state index is 12.5. The van der Waals surface area contributed by atoms with E-state index in [1.807, 2.05) is 13.8 Å². The molecular formula is C21H21ClO5. The molecule has 2 aromatic carbocycles. The number of hydrogen-bond acceptors (Lipinski definition) is 5. The van der Waals surface area contributed by atoms with Crippen LogP contribution in [0.5, 0.6) is 23.0 Å². The van der Waals surface area contributed by atoms with E-state index in [4.69, 9.17) is 16.3 Å². The van der Waals surface area contributed by atoms with Gasteiger partial charge in [-0.2, -0.15) is 0 Å². The van der Waals surface area contributed by atoms with E-state index in [2.05, 4.69) is 0 Å². The molecular weight excluding hydrogens is 368 g/mol. The fraction of sp³-hybridized carbons (Fsp3) is 0.190. The van der Waals surface area contributed by atoms with Crippen molar-refractivity contribution in [1.82, 2.24) is 0 Å². The third-order valence-corrected chi connectivity index (χ3v) is 4.24. The number of phenolic OH excluding ortho intramolecular Hbond substituents is 3. The molecule has 27 heavy (non-hydrogen) atoms. The number of phenols is 3. The van der Waals surface area contributed by atoms with Gasteiger partial charge < -0.3 is 20.1 Å². The molecule has 0 aliphatic rings. The second-order valence-electron chi connectivity index (χ2n) is 6.19. The molecule has 2 rings (SSSR count). The summed E-state index contributed by atoms with van der Waals surface area (Å²) in [4.78, 5) is 12.5. The summed E-state index contributed by atoms with van der Waals surface area (Å²) in [5.41, 5.74) is 1.57. The van der Waals surface area contributed by atoms with E-state index in [0.29, 0.717) is 16.3 Å². The van der Waals surface area contributed by atoms with E-state index < -0.39 is 17.3 Å².